The Labute approximate surface area is 186 Å². The third-order valence-electron chi connectivity index (χ3n) is 5.62. The van der Waals surface area contributed by atoms with Crippen molar-refractivity contribution in [1.29, 1.82) is 0 Å². The summed E-state index contributed by atoms with van der Waals surface area (Å²) >= 11 is 0. The molecule has 0 aromatic heterocycles. The van der Waals surface area contributed by atoms with Gasteiger partial charge in [0.05, 0.1) is 4.90 Å². The van der Waals surface area contributed by atoms with Crippen molar-refractivity contribution in [3.8, 4) is 22.6 Å². The van der Waals surface area contributed by atoms with E-state index in [-0.39, 0.29) is 11.3 Å². The molecule has 0 saturated carbocycles. The van der Waals surface area contributed by atoms with Gasteiger partial charge in [0.1, 0.15) is 11.5 Å². The van der Waals surface area contributed by atoms with E-state index >= 15 is 0 Å². The van der Waals surface area contributed by atoms with Gasteiger partial charge in [-0.25, -0.2) is 13.9 Å². The minimum atomic E-state index is -4.10. The van der Waals surface area contributed by atoms with Crippen molar-refractivity contribution < 1.29 is 23.2 Å². The maximum absolute atomic E-state index is 13.3. The van der Waals surface area contributed by atoms with Gasteiger partial charge in [0.15, 0.2) is 0 Å². The molecule has 0 aliphatic carbocycles. The SMILES string of the molecule is O=C(NO)[C@]1(S(=O)(=O)c2ccc(Oc3ccc(-c4ccccc4)cc3)cc2)CCCCN1. The van der Waals surface area contributed by atoms with Crippen LogP contribution in [0.1, 0.15) is 19.3 Å². The second kappa shape index (κ2) is 9.12. The smallest absolute Gasteiger partial charge is 0.279 e. The number of piperidine rings is 1. The molecule has 3 N–H and O–H groups in total. The summed E-state index contributed by atoms with van der Waals surface area (Å²) in [6.07, 6.45) is 1.39. The van der Waals surface area contributed by atoms with Gasteiger partial charge in [0.25, 0.3) is 5.91 Å². The molecule has 3 aromatic rings. The van der Waals surface area contributed by atoms with Crippen molar-refractivity contribution in [2.24, 2.45) is 0 Å². The van der Waals surface area contributed by atoms with E-state index in [1.165, 1.54) is 17.6 Å². The number of amides is 1. The second-order valence-electron chi connectivity index (χ2n) is 7.62. The van der Waals surface area contributed by atoms with Crippen LogP contribution in [-0.2, 0) is 14.6 Å². The Morgan fingerprint density at radius 1 is 0.875 bits per heavy atom. The summed E-state index contributed by atoms with van der Waals surface area (Å²) in [4.78, 5) is 10.4. The number of hydroxylamine groups is 1. The van der Waals surface area contributed by atoms with E-state index < -0.39 is 20.6 Å². The lowest BCUT2D eigenvalue weighted by molar-refractivity contribution is -0.133. The largest absolute Gasteiger partial charge is 0.457 e. The molecule has 1 aliphatic heterocycles. The van der Waals surface area contributed by atoms with Crippen LogP contribution >= 0.6 is 0 Å². The quantitative estimate of drug-likeness (QED) is 0.387. The molecular weight excluding hydrogens is 428 g/mol. The number of hydrogen-bond acceptors (Lipinski definition) is 6. The molecule has 7 nitrogen and oxygen atoms in total. The standard InChI is InChI=1S/C24H24N2O5S/c27-23(26-28)24(16-4-5-17-25-24)32(29,30)22-14-12-21(13-15-22)31-20-10-8-19(9-11-20)18-6-2-1-3-7-18/h1-3,6-15,25,28H,4-5,16-17H2,(H,26,27)/t24-/m1/s1. The Kier molecular flexibility index (Phi) is 6.27. The lowest BCUT2D eigenvalue weighted by Gasteiger charge is -2.35. The average Bonchev–Trinajstić information content (AvgIpc) is 2.85. The fourth-order valence-electron chi connectivity index (χ4n) is 3.88. The molecule has 1 atom stereocenters. The van der Waals surface area contributed by atoms with Crippen LogP contribution in [0.15, 0.2) is 83.8 Å². The number of rotatable bonds is 6. The lowest BCUT2D eigenvalue weighted by atomic mass is 10.0. The van der Waals surface area contributed by atoms with Crippen LogP contribution in [-0.4, -0.2) is 30.9 Å². The van der Waals surface area contributed by atoms with Crippen LogP contribution in [0.4, 0.5) is 0 Å². The van der Waals surface area contributed by atoms with E-state index in [0.717, 1.165) is 17.5 Å². The first kappa shape index (κ1) is 22.0. The summed E-state index contributed by atoms with van der Waals surface area (Å²) in [5.41, 5.74) is 3.67. The molecule has 166 valence electrons. The normalized spacial score (nSPS) is 18.7. The topological polar surface area (TPSA) is 105 Å². The number of hydrogen-bond donors (Lipinski definition) is 3. The Balaban J connectivity index is 1.53. The molecule has 3 aromatic carbocycles. The number of carbonyl (C=O) groups excluding carboxylic acids is 1. The predicted octanol–water partition coefficient (Wildman–Crippen LogP) is 3.89. The van der Waals surface area contributed by atoms with Gasteiger partial charge in [0, 0.05) is 0 Å². The van der Waals surface area contributed by atoms with Crippen molar-refractivity contribution >= 4 is 15.7 Å². The zero-order chi connectivity index (χ0) is 22.6. The molecule has 0 radical (unpaired) electrons. The van der Waals surface area contributed by atoms with E-state index in [1.807, 2.05) is 54.6 Å². The average molecular weight is 453 g/mol. The first-order valence-corrected chi connectivity index (χ1v) is 11.8. The molecule has 1 saturated heterocycles. The summed E-state index contributed by atoms with van der Waals surface area (Å²) in [5.74, 6) is 0.107. The summed E-state index contributed by atoms with van der Waals surface area (Å²) < 4.78 is 32.4. The maximum Gasteiger partial charge on any atom is 0.279 e. The second-order valence-corrected chi connectivity index (χ2v) is 9.79. The van der Waals surface area contributed by atoms with Gasteiger partial charge in [-0.05, 0) is 73.3 Å². The summed E-state index contributed by atoms with van der Waals surface area (Å²) in [6, 6.07) is 23.5. The van der Waals surface area contributed by atoms with Gasteiger partial charge in [-0.2, -0.15) is 0 Å². The van der Waals surface area contributed by atoms with Gasteiger partial charge in [-0.15, -0.1) is 0 Å². The van der Waals surface area contributed by atoms with Gasteiger partial charge >= 0.3 is 0 Å². The van der Waals surface area contributed by atoms with Gasteiger partial charge in [0.2, 0.25) is 14.7 Å². The van der Waals surface area contributed by atoms with Gasteiger partial charge < -0.3 is 4.74 Å². The fraction of sp³-hybridized carbons (Fsp3) is 0.208. The van der Waals surface area contributed by atoms with Crippen LogP contribution in [0.25, 0.3) is 11.1 Å². The van der Waals surface area contributed by atoms with Crippen molar-refractivity contribution in [2.75, 3.05) is 6.54 Å². The molecule has 1 heterocycles. The van der Waals surface area contributed by atoms with E-state index in [0.29, 0.717) is 24.5 Å². The minimum Gasteiger partial charge on any atom is -0.457 e. The number of sulfone groups is 1. The maximum atomic E-state index is 13.3. The van der Waals surface area contributed by atoms with Gasteiger partial charge in [-0.1, -0.05) is 42.5 Å². The first-order valence-electron chi connectivity index (χ1n) is 10.3. The van der Waals surface area contributed by atoms with Crippen LogP contribution < -0.4 is 15.5 Å². The molecule has 0 bridgehead atoms. The molecule has 1 amide bonds. The predicted molar refractivity (Wildman–Crippen MR) is 120 cm³/mol. The number of nitrogens with one attached hydrogen (secondary N) is 2. The Morgan fingerprint density at radius 3 is 2.03 bits per heavy atom. The van der Waals surface area contributed by atoms with E-state index in [1.54, 1.807) is 12.1 Å². The van der Waals surface area contributed by atoms with E-state index in [9.17, 15) is 13.2 Å². The highest BCUT2D eigenvalue weighted by molar-refractivity contribution is 7.93. The molecule has 1 fully saturated rings. The molecule has 4 rings (SSSR count). The molecular formula is C24H24N2O5S. The van der Waals surface area contributed by atoms with Crippen molar-refractivity contribution in [2.45, 2.75) is 29.0 Å². The minimum absolute atomic E-state index is 0.0257. The van der Waals surface area contributed by atoms with E-state index in [2.05, 4.69) is 5.32 Å². The highest BCUT2D eigenvalue weighted by atomic mass is 32.2. The Hall–Kier alpha value is -3.20. The van der Waals surface area contributed by atoms with Crippen LogP contribution in [0.5, 0.6) is 11.5 Å². The Bertz CT molecular complexity index is 1170. The van der Waals surface area contributed by atoms with Crippen LogP contribution in [0.3, 0.4) is 0 Å². The lowest BCUT2D eigenvalue weighted by Crippen LogP contribution is -2.63. The van der Waals surface area contributed by atoms with Crippen molar-refractivity contribution in [3.05, 3.63) is 78.9 Å². The molecule has 32 heavy (non-hydrogen) atoms. The summed E-state index contributed by atoms with van der Waals surface area (Å²) in [5, 5.41) is 11.9. The molecule has 0 unspecified atom stereocenters. The molecule has 0 spiro atoms. The monoisotopic (exact) mass is 452 g/mol. The van der Waals surface area contributed by atoms with E-state index in [4.69, 9.17) is 9.94 Å². The van der Waals surface area contributed by atoms with Crippen molar-refractivity contribution in [3.63, 3.8) is 0 Å². The highest BCUT2D eigenvalue weighted by Crippen LogP contribution is 2.33. The summed E-state index contributed by atoms with van der Waals surface area (Å²) in [6.45, 7) is 0.368. The van der Waals surface area contributed by atoms with Crippen LogP contribution in [0, 0.1) is 0 Å². The molecule has 1 aliphatic rings. The number of ether oxygens (including phenoxy) is 1. The first-order chi connectivity index (χ1) is 15.5. The third kappa shape index (κ3) is 4.12. The fourth-order valence-corrected chi connectivity index (χ4v) is 5.77. The van der Waals surface area contributed by atoms with Gasteiger partial charge in [-0.3, -0.25) is 15.3 Å². The van der Waals surface area contributed by atoms with Crippen molar-refractivity contribution in [1.82, 2.24) is 10.8 Å². The zero-order valence-electron chi connectivity index (χ0n) is 17.3. The van der Waals surface area contributed by atoms with Crippen LogP contribution in [0.2, 0.25) is 0 Å². The number of benzene rings is 3. The molecule has 8 heteroatoms. The number of carbonyl (C=O) groups is 1. The third-order valence-corrected chi connectivity index (χ3v) is 7.97. The zero-order valence-corrected chi connectivity index (χ0v) is 18.1. The highest BCUT2D eigenvalue weighted by Gasteiger charge is 2.51. The Morgan fingerprint density at radius 2 is 1.47 bits per heavy atom. The summed E-state index contributed by atoms with van der Waals surface area (Å²) in [7, 11) is -4.10.